The van der Waals surface area contributed by atoms with Gasteiger partial charge in [0, 0.05) is 10.9 Å². The molecule has 0 fully saturated rings. The molecule has 2 aromatic carbocycles. The van der Waals surface area contributed by atoms with Crippen molar-refractivity contribution in [1.29, 1.82) is 0 Å². The van der Waals surface area contributed by atoms with Crippen molar-refractivity contribution in [3.63, 3.8) is 0 Å². The van der Waals surface area contributed by atoms with Gasteiger partial charge in [-0.1, -0.05) is 32.9 Å². The van der Waals surface area contributed by atoms with E-state index in [4.69, 9.17) is 14.2 Å². The molecule has 1 aromatic heterocycles. The molecule has 1 N–H and O–H groups in total. The Kier molecular flexibility index (Phi) is 7.17. The predicted octanol–water partition coefficient (Wildman–Crippen LogP) is 5.53. The Morgan fingerprint density at radius 1 is 1.03 bits per heavy atom. The van der Waals surface area contributed by atoms with Crippen LogP contribution in [0.3, 0.4) is 0 Å². The summed E-state index contributed by atoms with van der Waals surface area (Å²) in [6.07, 6.45) is 0.235. The summed E-state index contributed by atoms with van der Waals surface area (Å²) < 4.78 is 16.4. The zero-order valence-electron chi connectivity index (χ0n) is 18.5. The molecule has 0 aliphatic heterocycles. The van der Waals surface area contributed by atoms with Gasteiger partial charge < -0.3 is 19.5 Å². The van der Waals surface area contributed by atoms with E-state index in [-0.39, 0.29) is 17.7 Å². The van der Waals surface area contributed by atoms with Crippen molar-refractivity contribution in [3.05, 3.63) is 53.4 Å². The summed E-state index contributed by atoms with van der Waals surface area (Å²) in [5.74, 6) is 2.00. The molecule has 0 spiro atoms. The van der Waals surface area contributed by atoms with E-state index in [0.717, 1.165) is 11.3 Å². The number of methoxy groups -OCH3 is 2. The molecule has 7 heteroatoms. The molecule has 0 saturated heterocycles. The molecule has 1 heterocycles. The van der Waals surface area contributed by atoms with Gasteiger partial charge in [0.15, 0.2) is 5.13 Å². The molecule has 6 nitrogen and oxygen atoms in total. The van der Waals surface area contributed by atoms with Crippen molar-refractivity contribution in [2.75, 3.05) is 26.1 Å². The number of amides is 1. The number of aromatic nitrogens is 1. The van der Waals surface area contributed by atoms with Crippen LogP contribution in [0.1, 0.15) is 32.8 Å². The first-order valence-corrected chi connectivity index (χ1v) is 10.9. The fraction of sp³-hybridized carbons (Fsp3) is 0.333. The van der Waals surface area contributed by atoms with E-state index in [1.165, 1.54) is 16.9 Å². The van der Waals surface area contributed by atoms with Gasteiger partial charge in [-0.2, -0.15) is 0 Å². The van der Waals surface area contributed by atoms with Crippen LogP contribution in [0.25, 0.3) is 11.3 Å². The number of carbonyl (C=O) groups is 1. The molecule has 3 aromatic rings. The second-order valence-corrected chi connectivity index (χ2v) is 8.88. The quantitative estimate of drug-likeness (QED) is 0.499. The van der Waals surface area contributed by atoms with Crippen LogP contribution >= 0.6 is 11.3 Å². The van der Waals surface area contributed by atoms with E-state index in [9.17, 15) is 4.79 Å². The first-order chi connectivity index (χ1) is 14.8. The highest BCUT2D eigenvalue weighted by molar-refractivity contribution is 7.14. The molecule has 0 unspecified atom stereocenters. The average molecular weight is 441 g/mol. The second-order valence-electron chi connectivity index (χ2n) is 8.03. The number of rotatable bonds is 8. The van der Waals surface area contributed by atoms with Crippen LogP contribution in [0.5, 0.6) is 17.2 Å². The molecule has 31 heavy (non-hydrogen) atoms. The smallest absolute Gasteiger partial charge is 0.229 e. The van der Waals surface area contributed by atoms with Crippen molar-refractivity contribution in [3.8, 4) is 28.5 Å². The van der Waals surface area contributed by atoms with Crippen LogP contribution in [0.4, 0.5) is 5.13 Å². The monoisotopic (exact) mass is 440 g/mol. The second kappa shape index (κ2) is 9.83. The normalized spacial score (nSPS) is 11.1. The van der Waals surface area contributed by atoms with E-state index >= 15 is 0 Å². The SMILES string of the molecule is COc1ccc(OC)c(-c2csc(NC(=O)CCOc3ccc(C(C)(C)C)cc3)n2)c1. The molecular formula is C24H28N2O4S. The maximum absolute atomic E-state index is 12.3. The van der Waals surface area contributed by atoms with E-state index in [1.807, 2.05) is 35.7 Å². The third-order valence-corrected chi connectivity index (χ3v) is 5.51. The molecule has 0 aliphatic rings. The van der Waals surface area contributed by atoms with Crippen molar-refractivity contribution >= 4 is 22.4 Å². The number of nitrogens with zero attached hydrogens (tertiary/aromatic N) is 1. The molecular weight excluding hydrogens is 412 g/mol. The van der Waals surface area contributed by atoms with E-state index in [1.54, 1.807) is 14.2 Å². The number of ether oxygens (including phenoxy) is 3. The van der Waals surface area contributed by atoms with Gasteiger partial charge in [-0.15, -0.1) is 11.3 Å². The van der Waals surface area contributed by atoms with Gasteiger partial charge >= 0.3 is 0 Å². The zero-order chi connectivity index (χ0) is 22.4. The Morgan fingerprint density at radius 3 is 2.39 bits per heavy atom. The molecule has 0 bridgehead atoms. The number of thiazole rings is 1. The van der Waals surface area contributed by atoms with E-state index < -0.39 is 0 Å². The molecule has 164 valence electrons. The minimum absolute atomic E-state index is 0.0971. The molecule has 0 radical (unpaired) electrons. The first-order valence-electron chi connectivity index (χ1n) is 10.0. The lowest BCUT2D eigenvalue weighted by Gasteiger charge is -2.19. The standard InChI is InChI=1S/C24H28N2O4S/c1-24(2,3)16-6-8-17(9-7-16)30-13-12-22(27)26-23-25-20(15-31-23)19-14-18(28-4)10-11-21(19)29-5/h6-11,14-15H,12-13H2,1-5H3,(H,25,26,27). The Labute approximate surface area is 187 Å². The zero-order valence-corrected chi connectivity index (χ0v) is 19.3. The first kappa shape index (κ1) is 22.6. The van der Waals surface area contributed by atoms with Crippen LogP contribution < -0.4 is 19.5 Å². The van der Waals surface area contributed by atoms with Gasteiger partial charge in [0.25, 0.3) is 0 Å². The summed E-state index contributed by atoms with van der Waals surface area (Å²) in [6.45, 7) is 6.80. The number of nitrogens with one attached hydrogen (secondary N) is 1. The molecule has 3 rings (SSSR count). The minimum atomic E-state index is -0.148. The van der Waals surface area contributed by atoms with Crippen molar-refractivity contribution in [2.45, 2.75) is 32.6 Å². The summed E-state index contributed by atoms with van der Waals surface area (Å²) in [5, 5.41) is 5.23. The topological polar surface area (TPSA) is 69.7 Å². The Hall–Kier alpha value is -3.06. The van der Waals surface area contributed by atoms with Crippen LogP contribution in [0, 0.1) is 0 Å². The van der Waals surface area contributed by atoms with Crippen LogP contribution in [0.15, 0.2) is 47.8 Å². The average Bonchev–Trinajstić information content (AvgIpc) is 3.21. The Morgan fingerprint density at radius 2 is 1.74 bits per heavy atom. The summed E-state index contributed by atoms with van der Waals surface area (Å²) >= 11 is 1.36. The molecule has 1 amide bonds. The molecule has 0 aliphatic carbocycles. The minimum Gasteiger partial charge on any atom is -0.497 e. The molecule has 0 saturated carbocycles. The highest BCUT2D eigenvalue weighted by atomic mass is 32.1. The van der Waals surface area contributed by atoms with Crippen LogP contribution in [0.2, 0.25) is 0 Å². The summed E-state index contributed by atoms with van der Waals surface area (Å²) in [4.78, 5) is 16.8. The lowest BCUT2D eigenvalue weighted by Crippen LogP contribution is -2.15. The maximum atomic E-state index is 12.3. The van der Waals surface area contributed by atoms with Gasteiger partial charge in [0.2, 0.25) is 5.91 Å². The van der Waals surface area contributed by atoms with Crippen molar-refractivity contribution in [1.82, 2.24) is 4.98 Å². The van der Waals surface area contributed by atoms with Gasteiger partial charge in [-0.3, -0.25) is 4.79 Å². The third-order valence-electron chi connectivity index (χ3n) is 4.75. The van der Waals surface area contributed by atoms with Gasteiger partial charge in [-0.05, 0) is 41.3 Å². The Balaban J connectivity index is 1.55. The summed E-state index contributed by atoms with van der Waals surface area (Å²) in [6, 6.07) is 13.5. The third kappa shape index (κ3) is 5.98. The number of hydrogen-bond acceptors (Lipinski definition) is 6. The fourth-order valence-corrected chi connectivity index (χ4v) is 3.69. The maximum Gasteiger partial charge on any atom is 0.229 e. The lowest BCUT2D eigenvalue weighted by molar-refractivity contribution is -0.116. The lowest BCUT2D eigenvalue weighted by atomic mass is 9.87. The summed E-state index contributed by atoms with van der Waals surface area (Å²) in [7, 11) is 3.22. The van der Waals surface area contributed by atoms with Gasteiger partial charge in [0.05, 0.1) is 32.9 Å². The van der Waals surface area contributed by atoms with Crippen molar-refractivity contribution in [2.24, 2.45) is 0 Å². The van der Waals surface area contributed by atoms with Gasteiger partial charge in [-0.25, -0.2) is 4.98 Å². The summed E-state index contributed by atoms with van der Waals surface area (Å²) in [5.41, 5.74) is 2.86. The number of benzene rings is 2. The largest absolute Gasteiger partial charge is 0.497 e. The number of hydrogen-bond donors (Lipinski definition) is 1. The fourth-order valence-electron chi connectivity index (χ4n) is 2.96. The predicted molar refractivity (Wildman–Crippen MR) is 125 cm³/mol. The van der Waals surface area contributed by atoms with Gasteiger partial charge in [0.1, 0.15) is 17.2 Å². The van der Waals surface area contributed by atoms with Crippen LogP contribution in [-0.2, 0) is 10.2 Å². The highest BCUT2D eigenvalue weighted by Gasteiger charge is 2.14. The highest BCUT2D eigenvalue weighted by Crippen LogP contribution is 2.35. The Bertz CT molecular complexity index is 1020. The number of anilines is 1. The van der Waals surface area contributed by atoms with E-state index in [2.05, 4.69) is 43.2 Å². The molecule has 0 atom stereocenters. The van der Waals surface area contributed by atoms with E-state index in [0.29, 0.717) is 28.9 Å². The van der Waals surface area contributed by atoms with Crippen LogP contribution in [-0.4, -0.2) is 31.7 Å². The number of carbonyl (C=O) groups excluding carboxylic acids is 1. The van der Waals surface area contributed by atoms with Crippen molar-refractivity contribution < 1.29 is 19.0 Å².